The molecular formula is C25H34N2O4S. The van der Waals surface area contributed by atoms with E-state index in [2.05, 4.69) is 37.1 Å². The zero-order chi connectivity index (χ0) is 23.9. The number of benzene rings is 2. The van der Waals surface area contributed by atoms with Crippen molar-refractivity contribution in [3.8, 4) is 11.5 Å². The van der Waals surface area contributed by atoms with E-state index in [4.69, 9.17) is 9.47 Å². The zero-order valence-corrected chi connectivity index (χ0v) is 20.6. The topological polar surface area (TPSA) is 76.7 Å². The van der Waals surface area contributed by atoms with Gasteiger partial charge in [-0.1, -0.05) is 38.1 Å². The first-order chi connectivity index (χ1) is 15.2. The molecule has 2 atom stereocenters. The van der Waals surface area contributed by atoms with E-state index in [1.54, 1.807) is 21.3 Å². The number of methoxy groups -OCH3 is 2. The van der Waals surface area contributed by atoms with Crippen LogP contribution in [0.2, 0.25) is 0 Å². The van der Waals surface area contributed by atoms with Crippen molar-refractivity contribution in [1.82, 2.24) is 10.6 Å². The molecule has 0 bridgehead atoms. The molecule has 32 heavy (non-hydrogen) atoms. The predicted octanol–water partition coefficient (Wildman–Crippen LogP) is 3.77. The highest BCUT2D eigenvalue weighted by Crippen LogP contribution is 2.39. The summed E-state index contributed by atoms with van der Waals surface area (Å²) < 4.78 is 10.6. The Morgan fingerprint density at radius 1 is 1.06 bits per heavy atom. The summed E-state index contributed by atoms with van der Waals surface area (Å²) in [6.07, 6.45) is 0.946. The number of hydrogen-bond acceptors (Lipinski definition) is 5. The lowest BCUT2D eigenvalue weighted by Gasteiger charge is -2.33. The molecule has 1 unspecified atom stereocenters. The number of thiol groups is 1. The van der Waals surface area contributed by atoms with Gasteiger partial charge in [-0.2, -0.15) is 0 Å². The number of likely N-dealkylation sites (N-methyl/N-ethyl adjacent to an activating group) is 1. The predicted molar refractivity (Wildman–Crippen MR) is 130 cm³/mol. The molecule has 174 valence electrons. The number of hydrogen-bond donors (Lipinski definition) is 3. The van der Waals surface area contributed by atoms with Crippen LogP contribution in [-0.2, 0) is 21.4 Å². The Bertz CT molecular complexity index is 930. The molecule has 6 nitrogen and oxygen atoms in total. The van der Waals surface area contributed by atoms with Gasteiger partial charge in [0.15, 0.2) is 0 Å². The molecule has 7 heteroatoms. The van der Waals surface area contributed by atoms with E-state index in [9.17, 15) is 9.59 Å². The van der Waals surface area contributed by atoms with Crippen molar-refractivity contribution in [3.05, 3.63) is 53.6 Å². The second-order valence-electron chi connectivity index (χ2n) is 8.48. The van der Waals surface area contributed by atoms with Gasteiger partial charge in [-0.05, 0) is 48.6 Å². The first kappa shape index (κ1) is 25.6. The smallest absolute Gasteiger partial charge is 0.242 e. The van der Waals surface area contributed by atoms with Crippen LogP contribution in [0.5, 0.6) is 11.5 Å². The highest BCUT2D eigenvalue weighted by atomic mass is 32.1. The third-order valence-electron chi connectivity index (χ3n) is 5.60. The molecule has 0 aliphatic heterocycles. The standard InChI is InChI=1S/C25H34N2O4S/c1-16(2)15-25(3,19-8-7-9-21(31-6)22(19)32)24(29)27-20(23(28)26-4)14-17-10-12-18(30-5)13-11-17/h7-13,16,20,32H,14-15H2,1-6H3,(H,26,28)(H,27,29)/t20-,25?/m0/s1. The molecule has 0 heterocycles. The highest BCUT2D eigenvalue weighted by Gasteiger charge is 2.39. The van der Waals surface area contributed by atoms with Crippen LogP contribution in [0.15, 0.2) is 47.4 Å². The van der Waals surface area contributed by atoms with Crippen LogP contribution in [0.1, 0.15) is 38.3 Å². The average molecular weight is 459 g/mol. The lowest BCUT2D eigenvalue weighted by atomic mass is 9.75. The van der Waals surface area contributed by atoms with Crippen molar-refractivity contribution >= 4 is 24.4 Å². The summed E-state index contributed by atoms with van der Waals surface area (Å²) in [5.74, 6) is 1.10. The summed E-state index contributed by atoms with van der Waals surface area (Å²) in [6, 6.07) is 12.3. The molecule has 2 aromatic rings. The Balaban J connectivity index is 2.38. The Hall–Kier alpha value is -2.67. The van der Waals surface area contributed by atoms with E-state index in [0.717, 1.165) is 16.9 Å². The van der Waals surface area contributed by atoms with Gasteiger partial charge >= 0.3 is 0 Å². The zero-order valence-electron chi connectivity index (χ0n) is 19.7. The SMILES string of the molecule is CNC(=O)[C@H](Cc1ccc(OC)cc1)NC(=O)C(C)(CC(C)C)c1cccc(OC)c1S. The van der Waals surface area contributed by atoms with Gasteiger partial charge in [0, 0.05) is 13.5 Å². The van der Waals surface area contributed by atoms with E-state index in [0.29, 0.717) is 23.5 Å². The van der Waals surface area contributed by atoms with Gasteiger partial charge in [0.1, 0.15) is 17.5 Å². The summed E-state index contributed by atoms with van der Waals surface area (Å²) in [7, 11) is 4.75. The van der Waals surface area contributed by atoms with Crippen LogP contribution in [0.25, 0.3) is 0 Å². The van der Waals surface area contributed by atoms with Crippen LogP contribution in [0.3, 0.4) is 0 Å². The molecule has 0 aliphatic rings. The molecule has 2 amide bonds. The molecule has 0 radical (unpaired) electrons. The van der Waals surface area contributed by atoms with Crippen LogP contribution in [-0.4, -0.2) is 39.1 Å². The largest absolute Gasteiger partial charge is 0.497 e. The minimum atomic E-state index is -0.897. The summed E-state index contributed by atoms with van der Waals surface area (Å²) in [5, 5.41) is 5.66. The third-order valence-corrected chi connectivity index (χ3v) is 6.06. The van der Waals surface area contributed by atoms with Gasteiger partial charge in [0.05, 0.1) is 24.5 Å². The molecule has 0 aromatic heterocycles. The van der Waals surface area contributed by atoms with Crippen molar-refractivity contribution in [1.29, 1.82) is 0 Å². The number of carbonyl (C=O) groups is 2. The maximum absolute atomic E-state index is 13.7. The summed E-state index contributed by atoms with van der Waals surface area (Å²) >= 11 is 4.65. The molecule has 2 rings (SSSR count). The van der Waals surface area contributed by atoms with Crippen molar-refractivity contribution in [2.45, 2.75) is 50.0 Å². The van der Waals surface area contributed by atoms with Gasteiger partial charge in [-0.3, -0.25) is 9.59 Å². The molecule has 0 fully saturated rings. The minimum absolute atomic E-state index is 0.225. The normalized spacial score (nSPS) is 13.8. The summed E-state index contributed by atoms with van der Waals surface area (Å²) in [4.78, 5) is 27.0. The Kier molecular flexibility index (Phi) is 9.01. The quantitative estimate of drug-likeness (QED) is 0.474. The fourth-order valence-corrected chi connectivity index (χ4v) is 4.46. The van der Waals surface area contributed by atoms with Gasteiger partial charge in [-0.25, -0.2) is 0 Å². The Morgan fingerprint density at radius 2 is 1.72 bits per heavy atom. The second kappa shape index (κ2) is 11.3. The summed E-state index contributed by atoms with van der Waals surface area (Å²) in [5.41, 5.74) is 0.791. The fraction of sp³-hybridized carbons (Fsp3) is 0.440. The van der Waals surface area contributed by atoms with Gasteiger partial charge in [0.25, 0.3) is 0 Å². The highest BCUT2D eigenvalue weighted by molar-refractivity contribution is 7.80. The fourth-order valence-electron chi connectivity index (χ4n) is 3.97. The number of amides is 2. The van der Waals surface area contributed by atoms with Crippen LogP contribution in [0, 0.1) is 5.92 Å². The number of nitrogens with one attached hydrogen (secondary N) is 2. The van der Waals surface area contributed by atoms with Crippen molar-refractivity contribution in [3.63, 3.8) is 0 Å². The van der Waals surface area contributed by atoms with Crippen molar-refractivity contribution in [2.24, 2.45) is 5.92 Å². The molecule has 0 saturated carbocycles. The maximum Gasteiger partial charge on any atom is 0.242 e. The van der Waals surface area contributed by atoms with Gasteiger partial charge < -0.3 is 20.1 Å². The van der Waals surface area contributed by atoms with E-state index >= 15 is 0 Å². The van der Waals surface area contributed by atoms with Crippen LogP contribution >= 0.6 is 12.6 Å². The molecule has 2 N–H and O–H groups in total. The first-order valence-corrected chi connectivity index (χ1v) is 11.1. The minimum Gasteiger partial charge on any atom is -0.497 e. The summed E-state index contributed by atoms with van der Waals surface area (Å²) in [6.45, 7) is 6.03. The van der Waals surface area contributed by atoms with E-state index in [1.807, 2.05) is 49.4 Å². The lowest BCUT2D eigenvalue weighted by Crippen LogP contribution is -2.53. The lowest BCUT2D eigenvalue weighted by molar-refractivity contribution is -0.132. The maximum atomic E-state index is 13.7. The van der Waals surface area contributed by atoms with Crippen LogP contribution < -0.4 is 20.1 Å². The van der Waals surface area contributed by atoms with Crippen molar-refractivity contribution < 1.29 is 19.1 Å². The van der Waals surface area contributed by atoms with Crippen molar-refractivity contribution in [2.75, 3.05) is 21.3 Å². The number of carbonyl (C=O) groups excluding carboxylic acids is 2. The molecule has 0 saturated heterocycles. The van der Waals surface area contributed by atoms with E-state index < -0.39 is 11.5 Å². The second-order valence-corrected chi connectivity index (χ2v) is 8.93. The molecule has 0 spiro atoms. The molecular weight excluding hydrogens is 424 g/mol. The number of rotatable bonds is 10. The Morgan fingerprint density at radius 3 is 2.25 bits per heavy atom. The van der Waals surface area contributed by atoms with Crippen LogP contribution in [0.4, 0.5) is 0 Å². The van der Waals surface area contributed by atoms with Gasteiger partial charge in [0.2, 0.25) is 11.8 Å². The Labute approximate surface area is 196 Å². The van der Waals surface area contributed by atoms with Gasteiger partial charge in [-0.15, -0.1) is 12.6 Å². The molecule has 0 aliphatic carbocycles. The molecule has 2 aromatic carbocycles. The average Bonchev–Trinajstić information content (AvgIpc) is 2.78. The van der Waals surface area contributed by atoms with E-state index in [-0.39, 0.29) is 17.7 Å². The van der Waals surface area contributed by atoms with E-state index in [1.165, 1.54) is 0 Å². The number of ether oxygens (including phenoxy) is 2. The third kappa shape index (κ3) is 5.97. The first-order valence-electron chi connectivity index (χ1n) is 10.7. The monoisotopic (exact) mass is 458 g/mol.